The number of nitrogens with two attached hydrogens (primary N) is 1. The fraction of sp³-hybridized carbons (Fsp3) is 0.385. The van der Waals surface area contributed by atoms with E-state index in [1.54, 1.807) is 0 Å². The maximum atomic E-state index is 12.1. The monoisotopic (exact) mass is 282 g/mol. The number of benzene rings is 1. The van der Waals surface area contributed by atoms with Crippen molar-refractivity contribution in [2.75, 3.05) is 5.73 Å². The highest BCUT2D eigenvalue weighted by Crippen LogP contribution is 2.30. The normalized spacial score (nSPS) is 17.1. The smallest absolute Gasteiger partial charge is 0.329 e. The van der Waals surface area contributed by atoms with Crippen molar-refractivity contribution in [1.29, 1.82) is 0 Å². The highest BCUT2D eigenvalue weighted by Gasteiger charge is 2.42. The van der Waals surface area contributed by atoms with Gasteiger partial charge in [0.05, 0.1) is 0 Å². The summed E-state index contributed by atoms with van der Waals surface area (Å²) in [6.07, 6.45) is 2.49. The lowest BCUT2D eigenvalue weighted by Gasteiger charge is -2.25. The van der Waals surface area contributed by atoms with Gasteiger partial charge in [0.25, 0.3) is 5.91 Å². The number of nitrogens with one attached hydrogen (secondary N) is 1. The number of aliphatic carboxylic acids is 1. The second-order valence-electron chi connectivity index (χ2n) is 4.82. The molecule has 19 heavy (non-hydrogen) atoms. The van der Waals surface area contributed by atoms with Crippen LogP contribution in [-0.2, 0) is 4.79 Å². The molecule has 2 rings (SSSR count). The maximum Gasteiger partial charge on any atom is 0.329 e. The number of amides is 1. The molecule has 1 fully saturated rings. The zero-order valence-electron chi connectivity index (χ0n) is 10.3. The molecule has 0 spiro atoms. The van der Waals surface area contributed by atoms with Crippen molar-refractivity contribution in [3.05, 3.63) is 28.8 Å². The fourth-order valence-corrected chi connectivity index (χ4v) is 2.65. The Morgan fingerprint density at radius 1 is 1.26 bits per heavy atom. The molecule has 0 aromatic heterocycles. The number of carbonyl (C=O) groups is 2. The van der Waals surface area contributed by atoms with E-state index in [1.807, 2.05) is 0 Å². The zero-order chi connectivity index (χ0) is 14.0. The van der Waals surface area contributed by atoms with Crippen LogP contribution in [0.4, 0.5) is 5.69 Å². The van der Waals surface area contributed by atoms with E-state index in [1.165, 1.54) is 18.2 Å². The van der Waals surface area contributed by atoms with Crippen LogP contribution in [0.3, 0.4) is 0 Å². The molecule has 0 bridgehead atoms. The summed E-state index contributed by atoms with van der Waals surface area (Å²) >= 11 is 5.83. The Kier molecular flexibility index (Phi) is 3.66. The van der Waals surface area contributed by atoms with Gasteiger partial charge in [0, 0.05) is 16.3 Å². The minimum absolute atomic E-state index is 0.275. The van der Waals surface area contributed by atoms with Crippen molar-refractivity contribution < 1.29 is 14.7 Å². The largest absolute Gasteiger partial charge is 0.480 e. The molecule has 0 saturated heterocycles. The first-order chi connectivity index (χ1) is 8.93. The van der Waals surface area contributed by atoms with Gasteiger partial charge in [-0.1, -0.05) is 24.4 Å². The first-order valence-corrected chi connectivity index (χ1v) is 6.43. The fourth-order valence-electron chi connectivity index (χ4n) is 2.40. The van der Waals surface area contributed by atoms with E-state index in [2.05, 4.69) is 5.32 Å². The SMILES string of the molecule is Nc1cc(Cl)cc(C(=O)NC2(C(=O)O)CCCC2)c1. The summed E-state index contributed by atoms with van der Waals surface area (Å²) in [6.45, 7) is 0. The van der Waals surface area contributed by atoms with Crippen LogP contribution < -0.4 is 11.1 Å². The lowest BCUT2D eigenvalue weighted by atomic mass is 9.97. The van der Waals surface area contributed by atoms with Crippen LogP contribution in [-0.4, -0.2) is 22.5 Å². The predicted molar refractivity (Wildman–Crippen MR) is 72.2 cm³/mol. The average molecular weight is 283 g/mol. The average Bonchev–Trinajstić information content (AvgIpc) is 2.77. The Labute approximate surface area is 115 Å². The molecule has 0 radical (unpaired) electrons. The van der Waals surface area contributed by atoms with Gasteiger partial charge >= 0.3 is 5.97 Å². The molecular formula is C13H15ClN2O3. The number of carboxylic acid groups (broad SMARTS) is 1. The second kappa shape index (κ2) is 5.09. The van der Waals surface area contributed by atoms with Gasteiger partial charge in [-0.25, -0.2) is 4.79 Å². The summed E-state index contributed by atoms with van der Waals surface area (Å²) in [5, 5.41) is 12.3. The molecule has 102 valence electrons. The molecule has 5 nitrogen and oxygen atoms in total. The van der Waals surface area contributed by atoms with Gasteiger partial charge in [0.1, 0.15) is 5.54 Å². The van der Waals surface area contributed by atoms with Crippen molar-refractivity contribution in [1.82, 2.24) is 5.32 Å². The van der Waals surface area contributed by atoms with Crippen LogP contribution in [0.1, 0.15) is 36.0 Å². The summed E-state index contributed by atoms with van der Waals surface area (Å²) in [4.78, 5) is 23.5. The van der Waals surface area contributed by atoms with Gasteiger partial charge in [-0.05, 0) is 31.0 Å². The van der Waals surface area contributed by atoms with E-state index < -0.39 is 17.4 Å². The van der Waals surface area contributed by atoms with Gasteiger partial charge in [-0.3, -0.25) is 4.79 Å². The number of hydrogen-bond acceptors (Lipinski definition) is 3. The van der Waals surface area contributed by atoms with E-state index in [0.29, 0.717) is 23.6 Å². The summed E-state index contributed by atoms with van der Waals surface area (Å²) < 4.78 is 0. The van der Waals surface area contributed by atoms with Crippen molar-refractivity contribution in [3.8, 4) is 0 Å². The first kappa shape index (κ1) is 13.7. The molecule has 1 aromatic rings. The third-order valence-electron chi connectivity index (χ3n) is 3.40. The topological polar surface area (TPSA) is 92.4 Å². The molecule has 1 amide bonds. The molecular weight excluding hydrogens is 268 g/mol. The van der Waals surface area contributed by atoms with Crippen LogP contribution in [0.5, 0.6) is 0 Å². The Balaban J connectivity index is 2.22. The van der Waals surface area contributed by atoms with E-state index in [4.69, 9.17) is 17.3 Å². The van der Waals surface area contributed by atoms with Gasteiger partial charge in [0.2, 0.25) is 0 Å². The number of carbonyl (C=O) groups excluding carboxylic acids is 1. The van der Waals surface area contributed by atoms with Crippen LogP contribution >= 0.6 is 11.6 Å². The van der Waals surface area contributed by atoms with E-state index in [9.17, 15) is 14.7 Å². The lowest BCUT2D eigenvalue weighted by molar-refractivity contribution is -0.144. The maximum absolute atomic E-state index is 12.1. The van der Waals surface area contributed by atoms with Gasteiger partial charge < -0.3 is 16.2 Å². The third-order valence-corrected chi connectivity index (χ3v) is 3.62. The minimum Gasteiger partial charge on any atom is -0.480 e. The number of carboxylic acids is 1. The summed E-state index contributed by atoms with van der Waals surface area (Å²) in [5.41, 5.74) is 5.10. The quantitative estimate of drug-likeness (QED) is 0.740. The van der Waals surface area contributed by atoms with Crippen molar-refractivity contribution >= 4 is 29.2 Å². The van der Waals surface area contributed by atoms with Crippen molar-refractivity contribution in [3.63, 3.8) is 0 Å². The Morgan fingerprint density at radius 2 is 1.89 bits per heavy atom. The first-order valence-electron chi connectivity index (χ1n) is 6.05. The standard InChI is InChI=1S/C13H15ClN2O3/c14-9-5-8(6-10(15)7-9)11(17)16-13(12(18)19)3-1-2-4-13/h5-7H,1-4,15H2,(H,16,17)(H,18,19). The van der Waals surface area contributed by atoms with E-state index >= 15 is 0 Å². The summed E-state index contributed by atoms with van der Waals surface area (Å²) in [7, 11) is 0. The number of rotatable bonds is 3. The van der Waals surface area contributed by atoms with Crippen LogP contribution in [0, 0.1) is 0 Å². The Hall–Kier alpha value is -1.75. The molecule has 1 aliphatic carbocycles. The number of hydrogen-bond donors (Lipinski definition) is 3. The minimum atomic E-state index is -1.16. The molecule has 0 atom stereocenters. The van der Waals surface area contributed by atoms with E-state index in [0.717, 1.165) is 12.8 Å². The number of halogens is 1. The Morgan fingerprint density at radius 3 is 2.42 bits per heavy atom. The molecule has 0 heterocycles. The summed E-state index contributed by atoms with van der Waals surface area (Å²) in [6, 6.07) is 4.48. The molecule has 0 aliphatic heterocycles. The number of nitrogen functional groups attached to an aromatic ring is 1. The van der Waals surface area contributed by atoms with Gasteiger partial charge in [0.15, 0.2) is 0 Å². The van der Waals surface area contributed by atoms with Gasteiger partial charge in [-0.15, -0.1) is 0 Å². The second-order valence-corrected chi connectivity index (χ2v) is 5.26. The lowest BCUT2D eigenvalue weighted by Crippen LogP contribution is -2.52. The highest BCUT2D eigenvalue weighted by atomic mass is 35.5. The van der Waals surface area contributed by atoms with Crippen LogP contribution in [0.25, 0.3) is 0 Å². The molecule has 1 aromatic carbocycles. The number of anilines is 1. The van der Waals surface area contributed by atoms with Crippen molar-refractivity contribution in [2.24, 2.45) is 0 Å². The molecule has 1 aliphatic rings. The third kappa shape index (κ3) is 2.81. The molecule has 0 unspecified atom stereocenters. The van der Waals surface area contributed by atoms with Crippen LogP contribution in [0.15, 0.2) is 18.2 Å². The molecule has 4 N–H and O–H groups in total. The zero-order valence-corrected chi connectivity index (χ0v) is 11.0. The van der Waals surface area contributed by atoms with Gasteiger partial charge in [-0.2, -0.15) is 0 Å². The van der Waals surface area contributed by atoms with E-state index in [-0.39, 0.29) is 5.56 Å². The summed E-state index contributed by atoms with van der Waals surface area (Å²) in [5.74, 6) is -1.45. The molecule has 6 heteroatoms. The highest BCUT2D eigenvalue weighted by molar-refractivity contribution is 6.31. The molecule has 1 saturated carbocycles. The van der Waals surface area contributed by atoms with Crippen molar-refractivity contribution in [2.45, 2.75) is 31.2 Å². The van der Waals surface area contributed by atoms with Crippen LogP contribution in [0.2, 0.25) is 5.02 Å². The predicted octanol–water partition coefficient (Wildman–Crippen LogP) is 2.05. The Bertz CT molecular complexity index is 504.